The molecule has 3 aliphatic carbocycles. The SMILES string of the molecule is CC1(C)c2ccccc2-c2cccc(N(c3ccc(-c4ccccc4-c4ccccc4)cc3)c3ccc4c(c3)C3(c5ccccc5-4)c4ccccc4-c4cccc5ccc(-c6ccccc6)c3c45)c21. The Labute approximate surface area is 404 Å². The molecule has 69 heavy (non-hydrogen) atoms. The van der Waals surface area contributed by atoms with E-state index in [1.54, 1.807) is 0 Å². The quantitative estimate of drug-likeness (QED) is 0.161. The van der Waals surface area contributed by atoms with Crippen LogP contribution in [0.2, 0.25) is 0 Å². The Morgan fingerprint density at radius 3 is 1.42 bits per heavy atom. The molecule has 0 fully saturated rings. The Morgan fingerprint density at radius 2 is 0.754 bits per heavy atom. The summed E-state index contributed by atoms with van der Waals surface area (Å²) in [5.74, 6) is 0. The summed E-state index contributed by atoms with van der Waals surface area (Å²) in [6.45, 7) is 4.80. The fraction of sp³-hybridized carbons (Fsp3) is 0.0588. The van der Waals surface area contributed by atoms with Crippen LogP contribution in [0.15, 0.2) is 249 Å². The van der Waals surface area contributed by atoms with Crippen molar-refractivity contribution >= 4 is 27.8 Å². The molecule has 0 saturated carbocycles. The fourth-order valence-corrected chi connectivity index (χ4v) is 12.8. The second kappa shape index (κ2) is 15.0. The summed E-state index contributed by atoms with van der Waals surface area (Å²) < 4.78 is 0. The molecule has 1 atom stereocenters. The van der Waals surface area contributed by atoms with E-state index < -0.39 is 5.41 Å². The first-order valence-electron chi connectivity index (χ1n) is 24.3. The monoisotopic (exact) mass is 877 g/mol. The van der Waals surface area contributed by atoms with Gasteiger partial charge in [0.25, 0.3) is 0 Å². The summed E-state index contributed by atoms with van der Waals surface area (Å²) in [7, 11) is 0. The van der Waals surface area contributed by atoms with Gasteiger partial charge in [0.2, 0.25) is 0 Å². The number of nitrogens with zero attached hydrogens (tertiary/aromatic N) is 1. The molecular formula is C68H47N. The largest absolute Gasteiger partial charge is 0.310 e. The van der Waals surface area contributed by atoms with Crippen molar-refractivity contribution in [2.45, 2.75) is 24.7 Å². The minimum Gasteiger partial charge on any atom is -0.310 e. The van der Waals surface area contributed by atoms with E-state index in [0.29, 0.717) is 0 Å². The Morgan fingerprint density at radius 1 is 0.290 bits per heavy atom. The predicted octanol–water partition coefficient (Wildman–Crippen LogP) is 18.0. The zero-order valence-corrected chi connectivity index (χ0v) is 38.6. The topological polar surface area (TPSA) is 3.24 Å². The molecule has 1 heteroatoms. The van der Waals surface area contributed by atoms with Crippen LogP contribution in [0.1, 0.15) is 47.2 Å². The normalized spacial score (nSPS) is 15.3. The van der Waals surface area contributed by atoms with Crippen molar-refractivity contribution in [2.75, 3.05) is 4.90 Å². The van der Waals surface area contributed by atoms with Crippen LogP contribution in [-0.4, -0.2) is 0 Å². The van der Waals surface area contributed by atoms with Gasteiger partial charge in [0, 0.05) is 16.8 Å². The molecule has 3 aliphatic rings. The van der Waals surface area contributed by atoms with Crippen LogP contribution in [0.4, 0.5) is 17.1 Å². The lowest BCUT2D eigenvalue weighted by molar-refractivity contribution is 0.661. The molecule has 0 N–H and O–H groups in total. The highest BCUT2D eigenvalue weighted by molar-refractivity contribution is 6.10. The van der Waals surface area contributed by atoms with Gasteiger partial charge in [-0.2, -0.15) is 0 Å². The molecule has 1 unspecified atom stereocenters. The van der Waals surface area contributed by atoms with Crippen LogP contribution in [0, 0.1) is 0 Å². The molecule has 14 rings (SSSR count). The maximum Gasteiger partial charge on any atom is 0.0732 e. The first-order chi connectivity index (χ1) is 34.0. The zero-order valence-electron chi connectivity index (χ0n) is 38.6. The highest BCUT2D eigenvalue weighted by Crippen LogP contribution is 2.64. The Kier molecular flexibility index (Phi) is 8.61. The van der Waals surface area contributed by atoms with E-state index in [1.165, 1.54) is 117 Å². The predicted molar refractivity (Wildman–Crippen MR) is 289 cm³/mol. The molecule has 324 valence electrons. The van der Waals surface area contributed by atoms with E-state index in [2.05, 4.69) is 267 Å². The van der Waals surface area contributed by atoms with Crippen molar-refractivity contribution in [3.8, 4) is 66.8 Å². The number of fused-ring (bicyclic) bond motifs is 12. The average Bonchev–Trinajstić information content (AvgIpc) is 3.83. The molecule has 11 aromatic carbocycles. The molecule has 0 heterocycles. The molecule has 11 aromatic rings. The Balaban J connectivity index is 1.05. The van der Waals surface area contributed by atoms with Gasteiger partial charge in [-0.25, -0.2) is 0 Å². The zero-order chi connectivity index (χ0) is 45.8. The van der Waals surface area contributed by atoms with Gasteiger partial charge in [-0.05, 0) is 141 Å². The van der Waals surface area contributed by atoms with Crippen molar-refractivity contribution in [3.63, 3.8) is 0 Å². The standard InChI is InChI=1S/C68H47N/c1-67(2)59-31-14-11-28-55(59)58-30-18-34-63(65(58)67)69(48-38-35-46(36-39-48)51-25-10-9-24-50(51)44-19-5-3-6-20-44)49-40-42-56-53-26-12-15-32-60(53)68(62(56)43-49)61-33-16-13-27-54(61)57-29-17-23-47-37-41-52(66(68)64(47)57)45-21-7-4-8-22-45/h3-43H,1-2H3. The van der Waals surface area contributed by atoms with Gasteiger partial charge >= 0.3 is 0 Å². The van der Waals surface area contributed by atoms with E-state index >= 15 is 0 Å². The van der Waals surface area contributed by atoms with E-state index in [-0.39, 0.29) is 5.41 Å². The molecule has 0 radical (unpaired) electrons. The fourth-order valence-electron chi connectivity index (χ4n) is 12.8. The van der Waals surface area contributed by atoms with E-state index in [4.69, 9.17) is 0 Å². The second-order valence-corrected chi connectivity index (χ2v) is 19.5. The molecule has 0 saturated heterocycles. The third kappa shape index (κ3) is 5.59. The number of anilines is 3. The summed E-state index contributed by atoms with van der Waals surface area (Å²) in [5, 5.41) is 2.59. The van der Waals surface area contributed by atoms with Gasteiger partial charge in [0.05, 0.1) is 11.1 Å². The second-order valence-electron chi connectivity index (χ2n) is 19.5. The maximum atomic E-state index is 2.56. The number of benzene rings is 11. The van der Waals surface area contributed by atoms with E-state index in [0.717, 1.165) is 11.4 Å². The molecule has 0 aromatic heterocycles. The lowest BCUT2D eigenvalue weighted by Gasteiger charge is -2.42. The summed E-state index contributed by atoms with van der Waals surface area (Å²) in [5.41, 5.74) is 25.7. The minimum atomic E-state index is -0.623. The summed E-state index contributed by atoms with van der Waals surface area (Å²) in [6, 6.07) is 93.2. The van der Waals surface area contributed by atoms with Crippen molar-refractivity contribution in [1.29, 1.82) is 0 Å². The van der Waals surface area contributed by atoms with E-state index in [1.807, 2.05) is 0 Å². The summed E-state index contributed by atoms with van der Waals surface area (Å²) in [6.07, 6.45) is 0. The van der Waals surface area contributed by atoms with Crippen LogP contribution in [0.5, 0.6) is 0 Å². The maximum absolute atomic E-state index is 2.56. The van der Waals surface area contributed by atoms with Crippen LogP contribution in [0.3, 0.4) is 0 Å². The van der Waals surface area contributed by atoms with Gasteiger partial charge < -0.3 is 4.90 Å². The average molecular weight is 878 g/mol. The highest BCUT2D eigenvalue weighted by atomic mass is 15.1. The molecule has 1 spiro atoms. The molecule has 1 nitrogen and oxygen atoms in total. The summed E-state index contributed by atoms with van der Waals surface area (Å²) >= 11 is 0. The third-order valence-corrected chi connectivity index (χ3v) is 15.7. The smallest absolute Gasteiger partial charge is 0.0732 e. The lowest BCUT2D eigenvalue weighted by atomic mass is 9.60. The van der Waals surface area contributed by atoms with Crippen LogP contribution in [-0.2, 0) is 10.8 Å². The summed E-state index contributed by atoms with van der Waals surface area (Å²) in [4.78, 5) is 2.55. The van der Waals surface area contributed by atoms with Crippen molar-refractivity contribution in [3.05, 3.63) is 282 Å². The Bertz CT molecular complexity index is 3860. The van der Waals surface area contributed by atoms with Crippen LogP contribution in [0.25, 0.3) is 77.5 Å². The van der Waals surface area contributed by atoms with Gasteiger partial charge in [-0.15, -0.1) is 0 Å². The molecule has 0 aliphatic heterocycles. The minimum absolute atomic E-state index is 0.240. The third-order valence-electron chi connectivity index (χ3n) is 15.7. The highest BCUT2D eigenvalue weighted by Gasteiger charge is 2.51. The van der Waals surface area contributed by atoms with Gasteiger partial charge in [-0.3, -0.25) is 0 Å². The number of rotatable bonds is 6. The van der Waals surface area contributed by atoms with Crippen molar-refractivity contribution in [2.24, 2.45) is 0 Å². The van der Waals surface area contributed by atoms with Crippen molar-refractivity contribution < 1.29 is 0 Å². The van der Waals surface area contributed by atoms with Crippen LogP contribution >= 0.6 is 0 Å². The van der Waals surface area contributed by atoms with Gasteiger partial charge in [0.1, 0.15) is 0 Å². The Hall–Kier alpha value is -8.52. The van der Waals surface area contributed by atoms with Gasteiger partial charge in [0.15, 0.2) is 0 Å². The molecule has 0 amide bonds. The first kappa shape index (κ1) is 39.6. The van der Waals surface area contributed by atoms with Gasteiger partial charge in [-0.1, -0.05) is 232 Å². The molecular weight excluding hydrogens is 831 g/mol. The first-order valence-corrected chi connectivity index (χ1v) is 24.3. The van der Waals surface area contributed by atoms with Crippen molar-refractivity contribution in [1.82, 2.24) is 0 Å². The number of hydrogen-bond acceptors (Lipinski definition) is 1. The number of hydrogen-bond donors (Lipinski definition) is 0. The molecule has 0 bridgehead atoms. The van der Waals surface area contributed by atoms with Crippen LogP contribution < -0.4 is 4.90 Å². The van der Waals surface area contributed by atoms with E-state index in [9.17, 15) is 0 Å². The lowest BCUT2D eigenvalue weighted by Crippen LogP contribution is -2.32.